The van der Waals surface area contributed by atoms with Crippen LogP contribution in [0.1, 0.15) is 19.4 Å². The van der Waals surface area contributed by atoms with Gasteiger partial charge in [-0.2, -0.15) is 0 Å². The molecule has 22 heavy (non-hydrogen) atoms. The van der Waals surface area contributed by atoms with Crippen molar-refractivity contribution in [2.24, 2.45) is 4.99 Å². The minimum Gasteiger partial charge on any atom is -0.492 e. The Morgan fingerprint density at radius 2 is 1.77 bits per heavy atom. The highest BCUT2D eigenvalue weighted by atomic mass is 16.5. The first-order chi connectivity index (χ1) is 10.7. The molecule has 122 valence electrons. The summed E-state index contributed by atoms with van der Waals surface area (Å²) in [6.45, 7) is 8.49. The smallest absolute Gasteiger partial charge is 0.241 e. The van der Waals surface area contributed by atoms with E-state index in [1.165, 1.54) is 5.56 Å². The monoisotopic (exact) mass is 306 g/mol. The molecule has 0 saturated heterocycles. The van der Waals surface area contributed by atoms with Gasteiger partial charge >= 0.3 is 0 Å². The standard InChI is InChI=1S/C16H26N4O2/c1-4-17-15(21)12-20-16(18-5-2)19-10-11-22-14-8-6-13(3)7-9-14/h6-9H,4-5,10-12H2,1-3H3,(H,17,21)(H2,18,19,20). The van der Waals surface area contributed by atoms with Crippen molar-refractivity contribution in [3.8, 4) is 5.75 Å². The molecule has 0 bridgehead atoms. The van der Waals surface area contributed by atoms with Crippen LogP contribution < -0.4 is 20.7 Å². The number of likely N-dealkylation sites (N-methyl/N-ethyl adjacent to an activating group) is 1. The Morgan fingerprint density at radius 1 is 1.09 bits per heavy atom. The van der Waals surface area contributed by atoms with E-state index >= 15 is 0 Å². The van der Waals surface area contributed by atoms with Crippen molar-refractivity contribution in [3.05, 3.63) is 29.8 Å². The highest BCUT2D eigenvalue weighted by Crippen LogP contribution is 2.10. The fourth-order valence-corrected chi connectivity index (χ4v) is 1.72. The Balaban J connectivity index is 2.32. The maximum atomic E-state index is 11.4. The molecule has 0 spiro atoms. The number of aryl methyl sites for hydroxylation is 1. The number of benzene rings is 1. The van der Waals surface area contributed by atoms with Crippen LogP contribution in [0, 0.1) is 6.92 Å². The first-order valence-electron chi connectivity index (χ1n) is 7.64. The molecule has 1 aromatic carbocycles. The summed E-state index contributed by atoms with van der Waals surface area (Å²) in [4.78, 5) is 15.6. The second-order valence-corrected chi connectivity index (χ2v) is 4.74. The SMILES string of the molecule is CCNC(=O)CN=C(NCC)NCCOc1ccc(C)cc1. The number of nitrogens with zero attached hydrogens (tertiary/aromatic N) is 1. The van der Waals surface area contributed by atoms with Crippen molar-refractivity contribution in [1.82, 2.24) is 16.0 Å². The van der Waals surface area contributed by atoms with E-state index in [0.29, 0.717) is 25.7 Å². The molecule has 0 heterocycles. The number of nitrogens with one attached hydrogen (secondary N) is 3. The third kappa shape index (κ3) is 7.52. The number of amides is 1. The predicted molar refractivity (Wildman–Crippen MR) is 89.3 cm³/mol. The summed E-state index contributed by atoms with van der Waals surface area (Å²) in [5.74, 6) is 1.37. The molecule has 0 aliphatic heterocycles. The number of guanidine groups is 1. The van der Waals surface area contributed by atoms with Crippen LogP contribution in [0.4, 0.5) is 0 Å². The molecule has 0 aromatic heterocycles. The summed E-state index contributed by atoms with van der Waals surface area (Å²) in [5.41, 5.74) is 1.21. The summed E-state index contributed by atoms with van der Waals surface area (Å²) in [6.07, 6.45) is 0. The van der Waals surface area contributed by atoms with Gasteiger partial charge in [0.1, 0.15) is 18.9 Å². The zero-order valence-electron chi connectivity index (χ0n) is 13.6. The molecule has 0 unspecified atom stereocenters. The third-order valence-electron chi connectivity index (χ3n) is 2.78. The van der Waals surface area contributed by atoms with E-state index in [9.17, 15) is 4.79 Å². The topological polar surface area (TPSA) is 74.8 Å². The Bertz CT molecular complexity index is 472. The lowest BCUT2D eigenvalue weighted by Gasteiger charge is -2.12. The van der Waals surface area contributed by atoms with Gasteiger partial charge in [0.15, 0.2) is 5.96 Å². The van der Waals surface area contributed by atoms with Crippen molar-refractivity contribution in [2.45, 2.75) is 20.8 Å². The second-order valence-electron chi connectivity index (χ2n) is 4.74. The van der Waals surface area contributed by atoms with Gasteiger partial charge in [-0.15, -0.1) is 0 Å². The highest BCUT2D eigenvalue weighted by Gasteiger charge is 2.01. The number of carbonyl (C=O) groups excluding carboxylic acids is 1. The Hall–Kier alpha value is -2.24. The number of hydrogen-bond donors (Lipinski definition) is 3. The van der Waals surface area contributed by atoms with Crippen LogP contribution in [0.25, 0.3) is 0 Å². The van der Waals surface area contributed by atoms with Crippen LogP contribution >= 0.6 is 0 Å². The van der Waals surface area contributed by atoms with Gasteiger partial charge in [-0.25, -0.2) is 4.99 Å². The molecular formula is C16H26N4O2. The van der Waals surface area contributed by atoms with Gasteiger partial charge in [0.05, 0.1) is 6.54 Å². The van der Waals surface area contributed by atoms with Crippen molar-refractivity contribution in [2.75, 3.05) is 32.8 Å². The first-order valence-corrected chi connectivity index (χ1v) is 7.64. The quantitative estimate of drug-likeness (QED) is 0.381. The van der Waals surface area contributed by atoms with Crippen LogP contribution in [0.2, 0.25) is 0 Å². The molecule has 0 atom stereocenters. The first kappa shape index (κ1) is 17.8. The summed E-state index contributed by atoms with van der Waals surface area (Å²) in [6, 6.07) is 7.93. The average molecular weight is 306 g/mol. The van der Waals surface area contributed by atoms with Gasteiger partial charge in [-0.3, -0.25) is 4.79 Å². The fourth-order valence-electron chi connectivity index (χ4n) is 1.72. The van der Waals surface area contributed by atoms with Crippen molar-refractivity contribution >= 4 is 11.9 Å². The van der Waals surface area contributed by atoms with Crippen LogP contribution in [0.3, 0.4) is 0 Å². The largest absolute Gasteiger partial charge is 0.492 e. The molecule has 6 nitrogen and oxygen atoms in total. The van der Waals surface area contributed by atoms with Crippen LogP contribution in [-0.2, 0) is 4.79 Å². The summed E-state index contributed by atoms with van der Waals surface area (Å²) >= 11 is 0. The second kappa shape index (κ2) is 10.5. The summed E-state index contributed by atoms with van der Waals surface area (Å²) in [7, 11) is 0. The molecule has 6 heteroatoms. The van der Waals surface area contributed by atoms with Gasteiger partial charge in [0.25, 0.3) is 0 Å². The number of carbonyl (C=O) groups is 1. The lowest BCUT2D eigenvalue weighted by molar-refractivity contribution is -0.119. The predicted octanol–water partition coefficient (Wildman–Crippen LogP) is 1.07. The van der Waals surface area contributed by atoms with E-state index in [4.69, 9.17) is 4.74 Å². The molecule has 0 radical (unpaired) electrons. The lowest BCUT2D eigenvalue weighted by atomic mass is 10.2. The van der Waals surface area contributed by atoms with Gasteiger partial charge < -0.3 is 20.7 Å². The summed E-state index contributed by atoms with van der Waals surface area (Å²) < 4.78 is 5.63. The molecule has 1 rings (SSSR count). The molecule has 1 aromatic rings. The molecule has 0 aliphatic carbocycles. The highest BCUT2D eigenvalue weighted by molar-refractivity contribution is 5.84. The maximum absolute atomic E-state index is 11.4. The van der Waals surface area contributed by atoms with E-state index in [0.717, 1.165) is 12.3 Å². The molecule has 0 fully saturated rings. The Morgan fingerprint density at radius 3 is 2.41 bits per heavy atom. The zero-order valence-corrected chi connectivity index (χ0v) is 13.6. The van der Waals surface area contributed by atoms with E-state index in [1.807, 2.05) is 45.0 Å². The molecule has 0 saturated carbocycles. The summed E-state index contributed by atoms with van der Waals surface area (Å²) in [5, 5.41) is 8.93. The van der Waals surface area contributed by atoms with Crippen LogP contribution in [0.15, 0.2) is 29.3 Å². The minimum absolute atomic E-state index is 0.0874. The van der Waals surface area contributed by atoms with Crippen molar-refractivity contribution in [1.29, 1.82) is 0 Å². The van der Waals surface area contributed by atoms with Gasteiger partial charge in [0.2, 0.25) is 5.91 Å². The molecule has 0 aliphatic rings. The van der Waals surface area contributed by atoms with Crippen molar-refractivity contribution < 1.29 is 9.53 Å². The average Bonchev–Trinajstić information content (AvgIpc) is 2.51. The minimum atomic E-state index is -0.0874. The van der Waals surface area contributed by atoms with Gasteiger partial charge in [-0.05, 0) is 32.9 Å². The third-order valence-corrected chi connectivity index (χ3v) is 2.78. The Labute approximate surface area is 132 Å². The normalized spacial score (nSPS) is 11.0. The molecule has 3 N–H and O–H groups in total. The fraction of sp³-hybridized carbons (Fsp3) is 0.500. The number of aliphatic imine (C=N–C) groups is 1. The van der Waals surface area contributed by atoms with E-state index < -0.39 is 0 Å². The van der Waals surface area contributed by atoms with E-state index in [1.54, 1.807) is 0 Å². The zero-order chi connectivity index (χ0) is 16.2. The lowest BCUT2D eigenvalue weighted by Crippen LogP contribution is -2.40. The van der Waals surface area contributed by atoms with Crippen molar-refractivity contribution in [3.63, 3.8) is 0 Å². The van der Waals surface area contributed by atoms with Crippen LogP contribution in [-0.4, -0.2) is 44.7 Å². The molecule has 1 amide bonds. The van der Waals surface area contributed by atoms with E-state index in [2.05, 4.69) is 20.9 Å². The van der Waals surface area contributed by atoms with Gasteiger partial charge in [-0.1, -0.05) is 17.7 Å². The van der Waals surface area contributed by atoms with Crippen LogP contribution in [0.5, 0.6) is 5.75 Å². The number of rotatable bonds is 8. The number of hydrogen-bond acceptors (Lipinski definition) is 3. The number of ether oxygens (including phenoxy) is 1. The van der Waals surface area contributed by atoms with Gasteiger partial charge in [0, 0.05) is 13.1 Å². The van der Waals surface area contributed by atoms with E-state index in [-0.39, 0.29) is 12.5 Å². The maximum Gasteiger partial charge on any atom is 0.241 e. The molecular weight excluding hydrogens is 280 g/mol. The Kier molecular flexibility index (Phi) is 8.49.